The van der Waals surface area contributed by atoms with Crippen molar-refractivity contribution in [3.8, 4) is 0 Å². The quantitative estimate of drug-likeness (QED) is 0.827. The molecule has 1 aromatic heterocycles. The highest BCUT2D eigenvalue weighted by atomic mass is 32.2. The number of rotatable bonds is 5. The number of pyridine rings is 1. The molecule has 0 bridgehead atoms. The number of nitrogens with one attached hydrogen (secondary N) is 1. The number of hydrogen-bond donors (Lipinski definition) is 1. The fraction of sp³-hybridized carbons (Fsp3) is 0.545. The molecule has 0 aliphatic heterocycles. The van der Waals surface area contributed by atoms with E-state index in [2.05, 4.69) is 17.2 Å². The molecule has 1 unspecified atom stereocenters. The number of nitrogens with zero attached hydrogens (tertiary/aromatic N) is 1. The fourth-order valence-corrected chi connectivity index (χ4v) is 2.13. The Hall–Kier alpha value is -0.750. The first-order valence-corrected chi connectivity index (χ1v) is 6.22. The Morgan fingerprint density at radius 2 is 2.12 bits per heavy atom. The van der Waals surface area contributed by atoms with E-state index in [1.54, 1.807) is 0 Å². The van der Waals surface area contributed by atoms with E-state index in [-0.39, 0.29) is 0 Å². The monoisotopic (exact) mass is 264 g/mol. The average molecular weight is 264 g/mol. The minimum atomic E-state index is -4.31. The van der Waals surface area contributed by atoms with Crippen molar-refractivity contribution < 1.29 is 13.2 Å². The number of halogens is 3. The van der Waals surface area contributed by atoms with Crippen LogP contribution in [0.5, 0.6) is 0 Å². The molecule has 0 spiro atoms. The van der Waals surface area contributed by atoms with Crippen LogP contribution in [0, 0.1) is 5.92 Å². The predicted molar refractivity (Wildman–Crippen MR) is 63.1 cm³/mol. The molecule has 0 saturated carbocycles. The molecule has 0 aliphatic rings. The van der Waals surface area contributed by atoms with Crippen molar-refractivity contribution >= 4 is 11.8 Å². The van der Waals surface area contributed by atoms with Gasteiger partial charge in [-0.15, -0.1) is 11.8 Å². The van der Waals surface area contributed by atoms with Crippen LogP contribution < -0.4 is 5.32 Å². The molecule has 0 fully saturated rings. The molecule has 96 valence electrons. The van der Waals surface area contributed by atoms with Gasteiger partial charge in [0.15, 0.2) is 0 Å². The van der Waals surface area contributed by atoms with Crippen LogP contribution in [0.15, 0.2) is 23.4 Å². The van der Waals surface area contributed by atoms with Crippen molar-refractivity contribution in [3.05, 3.63) is 23.9 Å². The molecule has 1 rings (SSSR count). The summed E-state index contributed by atoms with van der Waals surface area (Å²) in [6.07, 6.45) is -3.43. The minimum absolute atomic E-state index is 0.453. The van der Waals surface area contributed by atoms with Gasteiger partial charge in [-0.1, -0.05) is 6.92 Å². The van der Waals surface area contributed by atoms with Crippen molar-refractivity contribution in [2.24, 2.45) is 5.92 Å². The van der Waals surface area contributed by atoms with Gasteiger partial charge < -0.3 is 5.32 Å². The van der Waals surface area contributed by atoms with Crippen molar-refractivity contribution in [3.63, 3.8) is 0 Å². The van der Waals surface area contributed by atoms with Gasteiger partial charge in [0.1, 0.15) is 0 Å². The molecule has 0 radical (unpaired) electrons. The van der Waals surface area contributed by atoms with Crippen LogP contribution in [0.25, 0.3) is 0 Å². The third kappa shape index (κ3) is 4.95. The molecule has 1 N–H and O–H groups in total. The molecule has 17 heavy (non-hydrogen) atoms. The molecule has 1 aromatic rings. The van der Waals surface area contributed by atoms with E-state index in [1.165, 1.54) is 17.8 Å². The summed E-state index contributed by atoms with van der Waals surface area (Å²) in [6.45, 7) is 2.96. The van der Waals surface area contributed by atoms with Gasteiger partial charge in [-0.25, -0.2) is 4.98 Å². The van der Waals surface area contributed by atoms with Gasteiger partial charge >= 0.3 is 6.18 Å². The summed E-state index contributed by atoms with van der Waals surface area (Å²) in [7, 11) is 1.87. The lowest BCUT2D eigenvalue weighted by atomic mass is 10.2. The van der Waals surface area contributed by atoms with Gasteiger partial charge in [-0.2, -0.15) is 13.2 Å². The molecule has 6 heteroatoms. The molecule has 1 atom stereocenters. The van der Waals surface area contributed by atoms with E-state index in [4.69, 9.17) is 0 Å². The van der Waals surface area contributed by atoms with Gasteiger partial charge in [-0.3, -0.25) is 0 Å². The molecule has 0 amide bonds. The Bertz CT molecular complexity index is 338. The molecule has 0 saturated heterocycles. The highest BCUT2D eigenvalue weighted by Gasteiger charge is 2.30. The molecule has 1 heterocycles. The summed E-state index contributed by atoms with van der Waals surface area (Å²) >= 11 is 1.47. The maximum absolute atomic E-state index is 12.3. The van der Waals surface area contributed by atoms with Gasteiger partial charge in [0, 0.05) is 11.9 Å². The first-order chi connectivity index (χ1) is 7.93. The Morgan fingerprint density at radius 1 is 1.41 bits per heavy atom. The zero-order valence-electron chi connectivity index (χ0n) is 9.71. The minimum Gasteiger partial charge on any atom is -0.319 e. The zero-order valence-corrected chi connectivity index (χ0v) is 10.5. The average Bonchev–Trinajstić information content (AvgIpc) is 2.26. The van der Waals surface area contributed by atoms with Crippen LogP contribution in [0.3, 0.4) is 0 Å². The fourth-order valence-electron chi connectivity index (χ4n) is 1.27. The van der Waals surface area contributed by atoms with Crippen molar-refractivity contribution in [1.29, 1.82) is 0 Å². The van der Waals surface area contributed by atoms with Crippen LogP contribution in [-0.4, -0.2) is 24.3 Å². The zero-order chi connectivity index (χ0) is 12.9. The third-order valence-electron chi connectivity index (χ3n) is 2.13. The Morgan fingerprint density at radius 3 is 2.59 bits per heavy atom. The van der Waals surface area contributed by atoms with Crippen LogP contribution in [0.4, 0.5) is 13.2 Å². The maximum atomic E-state index is 12.3. The number of alkyl halides is 3. The molecule has 0 aliphatic carbocycles. The molecular formula is C11H15F3N2S. The standard InChI is InChI=1S/C11H15F3N2S/c1-8(5-15-2)7-17-10-4-3-9(6-16-10)11(12,13)14/h3-4,6,8,15H,5,7H2,1-2H3. The summed E-state index contributed by atoms with van der Waals surface area (Å²) in [6, 6.07) is 2.48. The number of aromatic nitrogens is 1. The first-order valence-electron chi connectivity index (χ1n) is 5.24. The lowest BCUT2D eigenvalue weighted by Crippen LogP contribution is -2.17. The van der Waals surface area contributed by atoms with Crippen LogP contribution in [-0.2, 0) is 6.18 Å². The molecule has 0 aromatic carbocycles. The Balaban J connectivity index is 2.51. The number of thioether (sulfide) groups is 1. The SMILES string of the molecule is CNCC(C)CSc1ccc(C(F)(F)F)cn1. The second kappa shape index (κ2) is 6.26. The topological polar surface area (TPSA) is 24.9 Å². The third-order valence-corrected chi connectivity index (χ3v) is 3.40. The van der Waals surface area contributed by atoms with Crippen molar-refractivity contribution in [2.45, 2.75) is 18.1 Å². The summed E-state index contributed by atoms with van der Waals surface area (Å²) in [4.78, 5) is 3.80. The summed E-state index contributed by atoms with van der Waals surface area (Å²) in [5, 5.41) is 3.68. The van der Waals surface area contributed by atoms with Crippen molar-refractivity contribution in [2.75, 3.05) is 19.3 Å². The van der Waals surface area contributed by atoms with Gasteiger partial charge in [0.25, 0.3) is 0 Å². The van der Waals surface area contributed by atoms with E-state index < -0.39 is 11.7 Å². The Kier molecular flexibility index (Phi) is 5.27. The molecule has 2 nitrogen and oxygen atoms in total. The van der Waals surface area contributed by atoms with Gasteiger partial charge in [0.05, 0.1) is 10.6 Å². The highest BCUT2D eigenvalue weighted by Crippen LogP contribution is 2.29. The first kappa shape index (κ1) is 14.3. The van der Waals surface area contributed by atoms with Crippen LogP contribution in [0.2, 0.25) is 0 Å². The van der Waals surface area contributed by atoms with Crippen LogP contribution >= 0.6 is 11.8 Å². The summed E-state index contributed by atoms with van der Waals surface area (Å²) in [5.74, 6) is 1.29. The highest BCUT2D eigenvalue weighted by molar-refractivity contribution is 7.99. The van der Waals surface area contributed by atoms with E-state index in [9.17, 15) is 13.2 Å². The molecular weight excluding hydrogens is 249 g/mol. The maximum Gasteiger partial charge on any atom is 0.417 e. The van der Waals surface area contributed by atoms with E-state index in [1.807, 2.05) is 7.05 Å². The van der Waals surface area contributed by atoms with E-state index in [0.717, 1.165) is 24.6 Å². The predicted octanol–water partition coefficient (Wildman–Crippen LogP) is 3.05. The lowest BCUT2D eigenvalue weighted by Gasteiger charge is -2.10. The smallest absolute Gasteiger partial charge is 0.319 e. The van der Waals surface area contributed by atoms with Gasteiger partial charge in [-0.05, 0) is 31.6 Å². The van der Waals surface area contributed by atoms with Crippen molar-refractivity contribution in [1.82, 2.24) is 10.3 Å². The van der Waals surface area contributed by atoms with E-state index in [0.29, 0.717) is 10.9 Å². The Labute approximate surface area is 103 Å². The second-order valence-corrected chi connectivity index (χ2v) is 4.90. The van der Waals surface area contributed by atoms with Crippen LogP contribution in [0.1, 0.15) is 12.5 Å². The van der Waals surface area contributed by atoms with Gasteiger partial charge in [0.2, 0.25) is 0 Å². The van der Waals surface area contributed by atoms with E-state index >= 15 is 0 Å². The largest absolute Gasteiger partial charge is 0.417 e. The normalized spacial score (nSPS) is 13.7. The number of hydrogen-bond acceptors (Lipinski definition) is 3. The summed E-state index contributed by atoms with van der Waals surface area (Å²) < 4.78 is 36.8. The summed E-state index contributed by atoms with van der Waals surface area (Å²) in [5.41, 5.74) is -0.704. The second-order valence-electron chi connectivity index (χ2n) is 3.86. The lowest BCUT2D eigenvalue weighted by molar-refractivity contribution is -0.137.